The van der Waals surface area contributed by atoms with E-state index in [-0.39, 0.29) is 23.3 Å². The van der Waals surface area contributed by atoms with Gasteiger partial charge < -0.3 is 5.32 Å². The summed E-state index contributed by atoms with van der Waals surface area (Å²) in [7, 11) is -1.93. The molecule has 2 aromatic rings. The Kier molecular flexibility index (Phi) is 6.56. The Morgan fingerprint density at radius 2 is 2.14 bits per heavy atom. The molecule has 0 saturated carbocycles. The van der Waals surface area contributed by atoms with Gasteiger partial charge in [0, 0.05) is 39.4 Å². The Balaban J connectivity index is 1.53. The number of sulfonamides is 1. The molecule has 0 aromatic carbocycles. The van der Waals surface area contributed by atoms with Crippen LogP contribution in [0.15, 0.2) is 28.0 Å². The SMILES string of the molecule is Cc1c(S(=O)(=O)N2CCCC(C(=O)NCCCn3cc(Br)cn3)C2)cnn1C. The molecule has 1 aliphatic rings. The van der Waals surface area contributed by atoms with Crippen LogP contribution in [0.2, 0.25) is 0 Å². The third-order valence-electron chi connectivity index (χ3n) is 5.03. The number of aryl methyl sites for hydroxylation is 2. The third kappa shape index (κ3) is 4.64. The standard InChI is InChI=1S/C17H25BrN6O3S/c1-13-16(10-20-22(13)2)28(26,27)24-8-3-5-14(11-24)17(25)19-6-4-7-23-12-15(18)9-21-23/h9-10,12,14H,3-8,11H2,1-2H3,(H,19,25). The fourth-order valence-electron chi connectivity index (χ4n) is 3.30. The van der Waals surface area contributed by atoms with E-state index in [0.29, 0.717) is 38.2 Å². The summed E-state index contributed by atoms with van der Waals surface area (Å²) in [5.74, 6) is -0.427. The normalized spacial score (nSPS) is 18.3. The molecule has 2 aromatic heterocycles. The van der Waals surface area contributed by atoms with E-state index in [1.165, 1.54) is 10.5 Å². The Bertz CT molecular complexity index is 939. The lowest BCUT2D eigenvalue weighted by Crippen LogP contribution is -2.45. The fraction of sp³-hybridized carbons (Fsp3) is 0.588. The highest BCUT2D eigenvalue weighted by molar-refractivity contribution is 9.10. The lowest BCUT2D eigenvalue weighted by Gasteiger charge is -2.31. The van der Waals surface area contributed by atoms with E-state index in [0.717, 1.165) is 10.9 Å². The number of carbonyl (C=O) groups is 1. The summed E-state index contributed by atoms with van der Waals surface area (Å²) in [4.78, 5) is 12.7. The Morgan fingerprint density at radius 1 is 1.36 bits per heavy atom. The van der Waals surface area contributed by atoms with E-state index in [1.807, 2.05) is 6.20 Å². The second kappa shape index (κ2) is 8.75. The molecule has 0 radical (unpaired) electrons. The van der Waals surface area contributed by atoms with Crippen LogP contribution in [-0.2, 0) is 28.4 Å². The van der Waals surface area contributed by atoms with Crippen LogP contribution in [0.4, 0.5) is 0 Å². The zero-order chi connectivity index (χ0) is 20.3. The first-order valence-electron chi connectivity index (χ1n) is 9.23. The molecule has 154 valence electrons. The highest BCUT2D eigenvalue weighted by Gasteiger charge is 2.34. The number of halogens is 1. The van der Waals surface area contributed by atoms with Crippen molar-refractivity contribution in [3.05, 3.63) is 28.8 Å². The Morgan fingerprint density at radius 3 is 2.79 bits per heavy atom. The van der Waals surface area contributed by atoms with Crippen LogP contribution in [0.5, 0.6) is 0 Å². The van der Waals surface area contributed by atoms with Crippen molar-refractivity contribution < 1.29 is 13.2 Å². The van der Waals surface area contributed by atoms with Gasteiger partial charge >= 0.3 is 0 Å². The number of nitrogens with one attached hydrogen (secondary N) is 1. The molecule has 1 aliphatic heterocycles. The van der Waals surface area contributed by atoms with Gasteiger partial charge in [0.2, 0.25) is 15.9 Å². The minimum atomic E-state index is -3.64. The van der Waals surface area contributed by atoms with Gasteiger partial charge in [0.15, 0.2) is 0 Å². The zero-order valence-electron chi connectivity index (χ0n) is 16.0. The summed E-state index contributed by atoms with van der Waals surface area (Å²) in [6.07, 6.45) is 7.09. The van der Waals surface area contributed by atoms with Gasteiger partial charge in [-0.15, -0.1) is 0 Å². The molecule has 1 amide bonds. The third-order valence-corrected chi connectivity index (χ3v) is 7.41. The topological polar surface area (TPSA) is 102 Å². The van der Waals surface area contributed by atoms with Crippen molar-refractivity contribution in [3.63, 3.8) is 0 Å². The lowest BCUT2D eigenvalue weighted by molar-refractivity contribution is -0.126. The van der Waals surface area contributed by atoms with Crippen LogP contribution in [0.3, 0.4) is 0 Å². The minimum Gasteiger partial charge on any atom is -0.356 e. The first kappa shape index (κ1) is 21.0. The van der Waals surface area contributed by atoms with Crippen LogP contribution in [0.25, 0.3) is 0 Å². The molecule has 1 saturated heterocycles. The quantitative estimate of drug-likeness (QED) is 0.611. The summed E-state index contributed by atoms with van der Waals surface area (Å²) in [6.45, 7) is 3.59. The van der Waals surface area contributed by atoms with Gasteiger partial charge in [-0.1, -0.05) is 0 Å². The van der Waals surface area contributed by atoms with E-state index < -0.39 is 10.0 Å². The zero-order valence-corrected chi connectivity index (χ0v) is 18.4. The molecule has 0 bridgehead atoms. The summed E-state index contributed by atoms with van der Waals surface area (Å²) >= 11 is 3.35. The van der Waals surface area contributed by atoms with Crippen molar-refractivity contribution in [1.82, 2.24) is 29.2 Å². The summed E-state index contributed by atoms with van der Waals surface area (Å²) < 4.78 is 31.5. The molecular formula is C17H25BrN6O3S. The average molecular weight is 473 g/mol. The van der Waals surface area contributed by atoms with Crippen molar-refractivity contribution in [2.75, 3.05) is 19.6 Å². The van der Waals surface area contributed by atoms with Crippen molar-refractivity contribution in [2.45, 2.75) is 37.6 Å². The maximum Gasteiger partial charge on any atom is 0.246 e. The summed E-state index contributed by atoms with van der Waals surface area (Å²) in [5, 5.41) is 11.1. The molecule has 1 fully saturated rings. The largest absolute Gasteiger partial charge is 0.356 e. The first-order valence-corrected chi connectivity index (χ1v) is 11.5. The molecular weight excluding hydrogens is 448 g/mol. The van der Waals surface area contributed by atoms with E-state index in [1.54, 1.807) is 29.5 Å². The summed E-state index contributed by atoms with van der Waals surface area (Å²) in [6, 6.07) is 0. The molecule has 1 atom stereocenters. The highest BCUT2D eigenvalue weighted by Crippen LogP contribution is 2.25. The molecule has 0 aliphatic carbocycles. The van der Waals surface area contributed by atoms with Crippen molar-refractivity contribution in [1.29, 1.82) is 0 Å². The molecule has 0 spiro atoms. The van der Waals surface area contributed by atoms with E-state index >= 15 is 0 Å². The van der Waals surface area contributed by atoms with Crippen LogP contribution < -0.4 is 5.32 Å². The van der Waals surface area contributed by atoms with Crippen molar-refractivity contribution >= 4 is 31.9 Å². The second-order valence-corrected chi connectivity index (χ2v) is 9.81. The molecule has 11 heteroatoms. The Hall–Kier alpha value is -1.72. The molecule has 9 nitrogen and oxygen atoms in total. The number of carbonyl (C=O) groups excluding carboxylic acids is 1. The van der Waals surface area contributed by atoms with Crippen LogP contribution >= 0.6 is 15.9 Å². The average Bonchev–Trinajstić information content (AvgIpc) is 3.24. The van der Waals surface area contributed by atoms with Gasteiger partial charge in [0.1, 0.15) is 4.90 Å². The van der Waals surface area contributed by atoms with Crippen molar-refractivity contribution in [2.24, 2.45) is 13.0 Å². The number of nitrogens with zero attached hydrogens (tertiary/aromatic N) is 5. The molecule has 1 N–H and O–H groups in total. The smallest absolute Gasteiger partial charge is 0.246 e. The number of hydrogen-bond acceptors (Lipinski definition) is 5. The van der Waals surface area contributed by atoms with Gasteiger partial charge in [0.25, 0.3) is 0 Å². The van der Waals surface area contributed by atoms with Gasteiger partial charge in [-0.05, 0) is 42.1 Å². The monoisotopic (exact) mass is 472 g/mol. The van der Waals surface area contributed by atoms with Gasteiger partial charge in [-0.3, -0.25) is 14.2 Å². The number of amides is 1. The van der Waals surface area contributed by atoms with Crippen LogP contribution in [-0.4, -0.2) is 57.8 Å². The van der Waals surface area contributed by atoms with E-state index in [2.05, 4.69) is 31.4 Å². The number of hydrogen-bond donors (Lipinski definition) is 1. The minimum absolute atomic E-state index is 0.0931. The lowest BCUT2D eigenvalue weighted by atomic mass is 9.99. The maximum absolute atomic E-state index is 12.9. The fourth-order valence-corrected chi connectivity index (χ4v) is 5.34. The maximum atomic E-state index is 12.9. The predicted octanol–water partition coefficient (Wildman–Crippen LogP) is 1.29. The van der Waals surface area contributed by atoms with Crippen LogP contribution in [0.1, 0.15) is 25.0 Å². The molecule has 28 heavy (non-hydrogen) atoms. The molecule has 3 rings (SSSR count). The molecule has 3 heterocycles. The first-order chi connectivity index (χ1) is 13.3. The second-order valence-electron chi connectivity index (χ2n) is 6.99. The molecule has 1 unspecified atom stereocenters. The van der Waals surface area contributed by atoms with Crippen molar-refractivity contribution in [3.8, 4) is 0 Å². The van der Waals surface area contributed by atoms with Gasteiger partial charge in [-0.2, -0.15) is 14.5 Å². The van der Waals surface area contributed by atoms with E-state index in [4.69, 9.17) is 0 Å². The highest BCUT2D eigenvalue weighted by atomic mass is 79.9. The van der Waals surface area contributed by atoms with Gasteiger partial charge in [0.05, 0.1) is 28.5 Å². The van der Waals surface area contributed by atoms with Gasteiger partial charge in [-0.25, -0.2) is 8.42 Å². The summed E-state index contributed by atoms with van der Waals surface area (Å²) in [5.41, 5.74) is 0.594. The number of rotatable bonds is 7. The van der Waals surface area contributed by atoms with E-state index in [9.17, 15) is 13.2 Å². The predicted molar refractivity (Wildman–Crippen MR) is 107 cm³/mol. The van der Waals surface area contributed by atoms with Crippen LogP contribution in [0, 0.1) is 12.8 Å². The number of piperidine rings is 1. The Labute approximate surface area is 173 Å². The number of aromatic nitrogens is 4.